The van der Waals surface area contributed by atoms with Crippen LogP contribution < -0.4 is 4.74 Å². The van der Waals surface area contributed by atoms with Gasteiger partial charge in [-0.2, -0.15) is 0 Å². The third-order valence-corrected chi connectivity index (χ3v) is 5.41. The zero-order valence-corrected chi connectivity index (χ0v) is 16.0. The van der Waals surface area contributed by atoms with Crippen molar-refractivity contribution in [1.82, 2.24) is 9.80 Å². The quantitative estimate of drug-likeness (QED) is 0.791. The van der Waals surface area contributed by atoms with Crippen molar-refractivity contribution in [3.8, 4) is 16.9 Å². The summed E-state index contributed by atoms with van der Waals surface area (Å²) in [5, 5.41) is 0. The molecular weight excluding hydrogens is 382 g/mol. The van der Waals surface area contributed by atoms with Gasteiger partial charge in [-0.05, 0) is 29.8 Å². The zero-order valence-electron chi connectivity index (χ0n) is 16.0. The number of halogens is 2. The number of likely N-dealkylation sites (N-methyl/N-ethyl adjacent to an activating group) is 1. The maximum atomic E-state index is 14.2. The number of methoxy groups -OCH3 is 1. The molecule has 0 radical (unpaired) electrons. The van der Waals surface area contributed by atoms with Crippen molar-refractivity contribution in [2.45, 2.75) is 12.1 Å². The van der Waals surface area contributed by atoms with E-state index in [2.05, 4.69) is 0 Å². The zero-order chi connectivity index (χ0) is 20.7. The molecule has 2 unspecified atom stereocenters. The summed E-state index contributed by atoms with van der Waals surface area (Å²) in [6.07, 6.45) is -0.417. The Balaban J connectivity index is 1.68. The van der Waals surface area contributed by atoms with Crippen LogP contribution in [0.25, 0.3) is 11.1 Å². The molecule has 4 rings (SSSR count). The summed E-state index contributed by atoms with van der Waals surface area (Å²) in [7, 11) is 3.13. The Bertz CT molecular complexity index is 981. The van der Waals surface area contributed by atoms with Crippen molar-refractivity contribution in [3.63, 3.8) is 0 Å². The molecule has 1 fully saturated rings. The van der Waals surface area contributed by atoms with Gasteiger partial charge in [0.15, 0.2) is 0 Å². The predicted octanol–water partition coefficient (Wildman–Crippen LogP) is 2.32. The first kappa shape index (κ1) is 19.3. The van der Waals surface area contributed by atoms with E-state index in [-0.39, 0.29) is 30.0 Å². The second-order valence-corrected chi connectivity index (χ2v) is 7.21. The van der Waals surface area contributed by atoms with Crippen LogP contribution in [-0.4, -0.2) is 67.6 Å². The van der Waals surface area contributed by atoms with E-state index in [1.807, 2.05) is 0 Å². The molecule has 0 bridgehead atoms. The minimum absolute atomic E-state index is 0.0400. The van der Waals surface area contributed by atoms with Gasteiger partial charge >= 0.3 is 0 Å². The van der Waals surface area contributed by atoms with E-state index < -0.39 is 17.7 Å². The number of rotatable bonds is 3. The minimum Gasteiger partial charge on any atom is -0.485 e. The summed E-state index contributed by atoms with van der Waals surface area (Å²) < 4.78 is 38.5. The molecule has 29 heavy (non-hydrogen) atoms. The smallest absolute Gasteiger partial charge is 0.257 e. The third-order valence-electron chi connectivity index (χ3n) is 5.41. The number of hydrogen-bond acceptors (Lipinski definition) is 4. The van der Waals surface area contributed by atoms with Crippen LogP contribution in [-0.2, 0) is 9.53 Å². The Kier molecular flexibility index (Phi) is 4.96. The lowest BCUT2D eigenvalue weighted by molar-refractivity contribution is -0.134. The lowest BCUT2D eigenvalue weighted by atomic mass is 10.0. The molecule has 2 aromatic carbocycles. The standard InChI is InChI=1S/C21H20F2N2O4/c1-24-17-9-25(20(26)11-28-2)10-19(17)29-18-7-12(3-5-15(18)21(24)27)14-6-4-13(22)8-16(14)23/h3-8,17,19H,9-11H2,1-2H3. The van der Waals surface area contributed by atoms with Crippen LogP contribution in [0.2, 0.25) is 0 Å². The van der Waals surface area contributed by atoms with Crippen molar-refractivity contribution < 1.29 is 27.8 Å². The summed E-state index contributed by atoms with van der Waals surface area (Å²) in [4.78, 5) is 28.3. The van der Waals surface area contributed by atoms with Crippen molar-refractivity contribution in [3.05, 3.63) is 53.6 Å². The molecule has 2 amide bonds. The molecule has 0 spiro atoms. The van der Waals surface area contributed by atoms with Crippen LogP contribution in [0.1, 0.15) is 10.4 Å². The summed E-state index contributed by atoms with van der Waals surface area (Å²) in [6, 6.07) is 7.81. The second-order valence-electron chi connectivity index (χ2n) is 7.21. The summed E-state index contributed by atoms with van der Waals surface area (Å²) in [5.41, 5.74) is 1.05. The number of likely N-dealkylation sites (tertiary alicyclic amines) is 1. The van der Waals surface area contributed by atoms with E-state index in [1.54, 1.807) is 35.0 Å². The Hall–Kier alpha value is -3.00. The number of benzene rings is 2. The van der Waals surface area contributed by atoms with Gasteiger partial charge < -0.3 is 19.3 Å². The Morgan fingerprint density at radius 2 is 1.93 bits per heavy atom. The lowest BCUT2D eigenvalue weighted by Gasteiger charge is -2.24. The number of carbonyl (C=O) groups is 2. The van der Waals surface area contributed by atoms with Crippen LogP contribution >= 0.6 is 0 Å². The number of carbonyl (C=O) groups excluding carboxylic acids is 2. The molecule has 152 valence electrons. The average molecular weight is 402 g/mol. The number of hydrogen-bond donors (Lipinski definition) is 0. The molecule has 2 heterocycles. The van der Waals surface area contributed by atoms with Gasteiger partial charge in [0.2, 0.25) is 5.91 Å². The molecule has 0 aromatic heterocycles. The predicted molar refractivity (Wildman–Crippen MR) is 101 cm³/mol. The van der Waals surface area contributed by atoms with Gasteiger partial charge in [-0.1, -0.05) is 6.07 Å². The van der Waals surface area contributed by atoms with Gasteiger partial charge in [0, 0.05) is 32.3 Å². The number of nitrogens with zero attached hydrogens (tertiary/aromatic N) is 2. The van der Waals surface area contributed by atoms with Crippen molar-refractivity contribution >= 4 is 11.8 Å². The first-order valence-electron chi connectivity index (χ1n) is 9.19. The summed E-state index contributed by atoms with van der Waals surface area (Å²) in [6.45, 7) is 0.628. The molecule has 2 aliphatic rings. The van der Waals surface area contributed by atoms with E-state index in [0.29, 0.717) is 30.0 Å². The first-order chi connectivity index (χ1) is 13.9. The van der Waals surface area contributed by atoms with Gasteiger partial charge in [-0.15, -0.1) is 0 Å². The van der Waals surface area contributed by atoms with E-state index in [4.69, 9.17) is 9.47 Å². The fraction of sp³-hybridized carbons (Fsp3) is 0.333. The number of fused-ring (bicyclic) bond motifs is 2. The first-order valence-corrected chi connectivity index (χ1v) is 9.19. The molecule has 1 saturated heterocycles. The average Bonchev–Trinajstić information content (AvgIpc) is 3.07. The molecule has 0 saturated carbocycles. The highest BCUT2D eigenvalue weighted by Crippen LogP contribution is 2.35. The second kappa shape index (κ2) is 7.44. The fourth-order valence-corrected chi connectivity index (χ4v) is 3.85. The van der Waals surface area contributed by atoms with E-state index >= 15 is 0 Å². The normalized spacial score (nSPS) is 20.8. The molecule has 0 aliphatic carbocycles. The van der Waals surface area contributed by atoms with Gasteiger partial charge in [0.25, 0.3) is 5.91 Å². The van der Waals surface area contributed by atoms with Gasteiger partial charge in [-0.3, -0.25) is 9.59 Å². The maximum Gasteiger partial charge on any atom is 0.257 e. The molecular formula is C21H20F2N2O4. The van der Waals surface area contributed by atoms with Crippen LogP contribution in [0, 0.1) is 11.6 Å². The van der Waals surface area contributed by atoms with E-state index in [1.165, 1.54) is 19.2 Å². The van der Waals surface area contributed by atoms with Crippen LogP contribution in [0.4, 0.5) is 8.78 Å². The highest BCUT2D eigenvalue weighted by Gasteiger charge is 2.43. The van der Waals surface area contributed by atoms with Crippen LogP contribution in [0.5, 0.6) is 5.75 Å². The largest absolute Gasteiger partial charge is 0.485 e. The van der Waals surface area contributed by atoms with Gasteiger partial charge in [0.05, 0.1) is 18.2 Å². The van der Waals surface area contributed by atoms with Crippen LogP contribution in [0.15, 0.2) is 36.4 Å². The highest BCUT2D eigenvalue weighted by atomic mass is 19.1. The molecule has 6 nitrogen and oxygen atoms in total. The monoisotopic (exact) mass is 402 g/mol. The molecule has 2 aliphatic heterocycles. The maximum absolute atomic E-state index is 14.2. The Morgan fingerprint density at radius 1 is 1.17 bits per heavy atom. The van der Waals surface area contributed by atoms with E-state index in [9.17, 15) is 18.4 Å². The Labute approximate surface area is 166 Å². The van der Waals surface area contributed by atoms with Crippen molar-refractivity contribution in [2.75, 3.05) is 33.9 Å². The van der Waals surface area contributed by atoms with Gasteiger partial charge in [0.1, 0.15) is 30.1 Å². The molecule has 8 heteroatoms. The van der Waals surface area contributed by atoms with Crippen molar-refractivity contribution in [1.29, 1.82) is 0 Å². The molecule has 2 atom stereocenters. The lowest BCUT2D eigenvalue weighted by Crippen LogP contribution is -2.44. The Morgan fingerprint density at radius 3 is 2.66 bits per heavy atom. The van der Waals surface area contributed by atoms with E-state index in [0.717, 1.165) is 6.07 Å². The van der Waals surface area contributed by atoms with Gasteiger partial charge in [-0.25, -0.2) is 8.78 Å². The number of ether oxygens (including phenoxy) is 2. The SMILES string of the molecule is COCC(=O)N1CC2Oc3cc(-c4ccc(F)cc4F)ccc3C(=O)N(C)C2C1. The molecule has 0 N–H and O–H groups in total. The third kappa shape index (κ3) is 3.44. The summed E-state index contributed by atoms with van der Waals surface area (Å²) >= 11 is 0. The van der Waals surface area contributed by atoms with Crippen LogP contribution in [0.3, 0.4) is 0 Å². The minimum atomic E-state index is -0.697. The highest BCUT2D eigenvalue weighted by molar-refractivity contribution is 5.98. The topological polar surface area (TPSA) is 59.1 Å². The number of amides is 2. The molecule has 2 aromatic rings. The summed E-state index contributed by atoms with van der Waals surface area (Å²) in [5.74, 6) is -1.45. The fourth-order valence-electron chi connectivity index (χ4n) is 3.85. The van der Waals surface area contributed by atoms with Crippen molar-refractivity contribution in [2.24, 2.45) is 0 Å².